The van der Waals surface area contributed by atoms with Crippen molar-refractivity contribution in [2.24, 2.45) is 29.6 Å². The summed E-state index contributed by atoms with van der Waals surface area (Å²) in [4.78, 5) is 11.7. The summed E-state index contributed by atoms with van der Waals surface area (Å²) in [5, 5.41) is 9.82. The molecule has 1 atom stereocenters. The molecule has 184 valence electrons. The van der Waals surface area contributed by atoms with E-state index in [1.54, 1.807) is 6.92 Å². The van der Waals surface area contributed by atoms with Crippen molar-refractivity contribution in [2.75, 3.05) is 19.8 Å². The molecule has 1 aromatic carbocycles. The van der Waals surface area contributed by atoms with Crippen molar-refractivity contribution in [2.45, 2.75) is 78.1 Å². The molecule has 2 aliphatic rings. The van der Waals surface area contributed by atoms with E-state index in [9.17, 15) is 9.90 Å². The number of aliphatic hydroxyl groups excluding tert-OH is 1. The molecule has 3 rings (SSSR count). The monoisotopic (exact) mass is 456 g/mol. The van der Waals surface area contributed by atoms with Gasteiger partial charge in [0.05, 0.1) is 13.2 Å². The number of esters is 1. The first kappa shape index (κ1) is 25.8. The highest BCUT2D eigenvalue weighted by atomic mass is 16.5. The van der Waals surface area contributed by atoms with E-state index in [2.05, 4.69) is 37.8 Å². The van der Waals surface area contributed by atoms with Gasteiger partial charge < -0.3 is 14.6 Å². The zero-order valence-electron chi connectivity index (χ0n) is 20.8. The molecule has 2 fully saturated rings. The maximum atomic E-state index is 11.7. The molecule has 1 aromatic rings. The Balaban J connectivity index is 1.35. The van der Waals surface area contributed by atoms with Crippen LogP contribution in [0, 0.1) is 29.6 Å². The number of ether oxygens (including phenoxy) is 2. The molecule has 0 heterocycles. The topological polar surface area (TPSA) is 55.8 Å². The van der Waals surface area contributed by atoms with Crippen LogP contribution in [-0.2, 0) is 16.0 Å². The molecular weight excluding hydrogens is 412 g/mol. The van der Waals surface area contributed by atoms with Crippen LogP contribution in [0.15, 0.2) is 36.4 Å². The van der Waals surface area contributed by atoms with E-state index in [0.717, 1.165) is 43.5 Å². The SMILES string of the molecule is C=C(C)C(=O)OCC(CO)C1CCC(C2CCC(COc3ccc(CCC)cc3)CC2)CC1. The molecule has 0 spiro atoms. The van der Waals surface area contributed by atoms with E-state index < -0.39 is 0 Å². The maximum absolute atomic E-state index is 11.7. The molecule has 0 aliphatic heterocycles. The smallest absolute Gasteiger partial charge is 0.333 e. The summed E-state index contributed by atoms with van der Waals surface area (Å²) in [5.41, 5.74) is 1.81. The molecule has 0 radical (unpaired) electrons. The fraction of sp³-hybridized carbons (Fsp3) is 0.690. The largest absolute Gasteiger partial charge is 0.493 e. The molecule has 0 aromatic heterocycles. The molecule has 0 saturated heterocycles. The van der Waals surface area contributed by atoms with E-state index in [1.807, 2.05) is 0 Å². The molecule has 4 nitrogen and oxygen atoms in total. The second-order valence-corrected chi connectivity index (χ2v) is 10.5. The molecule has 1 unspecified atom stereocenters. The zero-order chi connectivity index (χ0) is 23.6. The standard InChI is InChI=1S/C29H44O4/c1-4-5-22-8-16-28(17-9-22)32-19-23-6-10-24(11-7-23)25-12-14-26(15-13-25)27(18-30)20-33-29(31)21(2)3/h8-9,16-17,23-27,30H,2,4-7,10-15,18-20H2,1,3H3. The van der Waals surface area contributed by atoms with Crippen LogP contribution in [0.4, 0.5) is 0 Å². The summed E-state index contributed by atoms with van der Waals surface area (Å²) in [7, 11) is 0. The Morgan fingerprint density at radius 3 is 2.18 bits per heavy atom. The Morgan fingerprint density at radius 2 is 1.64 bits per heavy atom. The first-order valence-corrected chi connectivity index (χ1v) is 13.1. The fourth-order valence-corrected chi connectivity index (χ4v) is 5.81. The van der Waals surface area contributed by atoms with Crippen molar-refractivity contribution >= 4 is 5.97 Å². The van der Waals surface area contributed by atoms with Gasteiger partial charge in [0.15, 0.2) is 0 Å². The van der Waals surface area contributed by atoms with Gasteiger partial charge >= 0.3 is 5.97 Å². The highest BCUT2D eigenvalue weighted by Crippen LogP contribution is 2.43. The average molecular weight is 457 g/mol. The summed E-state index contributed by atoms with van der Waals surface area (Å²) >= 11 is 0. The Labute approximate surface area is 200 Å². The molecule has 2 saturated carbocycles. The third-order valence-electron chi connectivity index (χ3n) is 8.00. The minimum atomic E-state index is -0.351. The quantitative estimate of drug-likeness (QED) is 0.311. The van der Waals surface area contributed by atoms with Gasteiger partial charge in [-0.05, 0) is 106 Å². The molecule has 4 heteroatoms. The lowest BCUT2D eigenvalue weighted by Gasteiger charge is -2.39. The van der Waals surface area contributed by atoms with Gasteiger partial charge in [-0.1, -0.05) is 32.1 Å². The van der Waals surface area contributed by atoms with Crippen LogP contribution >= 0.6 is 0 Å². The van der Waals surface area contributed by atoms with E-state index in [1.165, 1.54) is 50.5 Å². The summed E-state index contributed by atoms with van der Waals surface area (Å²) in [5.74, 6) is 3.49. The van der Waals surface area contributed by atoms with Crippen LogP contribution in [0.2, 0.25) is 0 Å². The van der Waals surface area contributed by atoms with Crippen molar-refractivity contribution in [3.63, 3.8) is 0 Å². The molecular formula is C29H44O4. The molecule has 2 aliphatic carbocycles. The predicted molar refractivity (Wildman–Crippen MR) is 133 cm³/mol. The van der Waals surface area contributed by atoms with Gasteiger partial charge in [-0.3, -0.25) is 0 Å². The summed E-state index contributed by atoms with van der Waals surface area (Å²) in [6.45, 7) is 8.74. The first-order chi connectivity index (χ1) is 16.0. The number of hydrogen-bond donors (Lipinski definition) is 1. The summed E-state index contributed by atoms with van der Waals surface area (Å²) < 4.78 is 11.4. The van der Waals surface area contributed by atoms with Crippen LogP contribution < -0.4 is 4.74 Å². The van der Waals surface area contributed by atoms with Crippen LogP contribution in [0.3, 0.4) is 0 Å². The molecule has 0 amide bonds. The number of rotatable bonds is 11. The van der Waals surface area contributed by atoms with Crippen molar-refractivity contribution in [1.29, 1.82) is 0 Å². The second kappa shape index (κ2) is 13.2. The average Bonchev–Trinajstić information content (AvgIpc) is 2.85. The number of aryl methyl sites for hydroxylation is 1. The lowest BCUT2D eigenvalue weighted by atomic mass is 9.67. The molecule has 33 heavy (non-hydrogen) atoms. The lowest BCUT2D eigenvalue weighted by molar-refractivity contribution is -0.141. The Bertz CT molecular complexity index is 724. The van der Waals surface area contributed by atoms with E-state index in [-0.39, 0.29) is 18.5 Å². The second-order valence-electron chi connectivity index (χ2n) is 10.5. The van der Waals surface area contributed by atoms with Crippen molar-refractivity contribution in [1.82, 2.24) is 0 Å². The normalized spacial score (nSPS) is 26.4. The van der Waals surface area contributed by atoms with Gasteiger partial charge in [0, 0.05) is 18.1 Å². The maximum Gasteiger partial charge on any atom is 0.333 e. The number of carbonyl (C=O) groups is 1. The minimum absolute atomic E-state index is 0.0539. The zero-order valence-corrected chi connectivity index (χ0v) is 20.8. The summed E-state index contributed by atoms with van der Waals surface area (Å²) in [6.07, 6.45) is 12.2. The Hall–Kier alpha value is -1.81. The van der Waals surface area contributed by atoms with Gasteiger partial charge in [0.1, 0.15) is 5.75 Å². The molecule has 0 bridgehead atoms. The summed E-state index contributed by atoms with van der Waals surface area (Å²) in [6, 6.07) is 8.62. The van der Waals surface area contributed by atoms with Crippen molar-refractivity contribution in [3.8, 4) is 5.75 Å². The highest BCUT2D eigenvalue weighted by molar-refractivity contribution is 5.86. The van der Waals surface area contributed by atoms with Gasteiger partial charge in [-0.15, -0.1) is 0 Å². The van der Waals surface area contributed by atoms with E-state index in [4.69, 9.17) is 9.47 Å². The van der Waals surface area contributed by atoms with E-state index >= 15 is 0 Å². The van der Waals surface area contributed by atoms with Crippen molar-refractivity contribution < 1.29 is 19.4 Å². The van der Waals surface area contributed by atoms with Gasteiger partial charge in [0.2, 0.25) is 0 Å². The third-order valence-corrected chi connectivity index (χ3v) is 8.00. The van der Waals surface area contributed by atoms with Crippen LogP contribution in [-0.4, -0.2) is 30.9 Å². The van der Waals surface area contributed by atoms with E-state index in [0.29, 0.717) is 24.0 Å². The number of aliphatic hydroxyl groups is 1. The number of benzene rings is 1. The predicted octanol–water partition coefficient (Wildman–Crippen LogP) is 6.36. The van der Waals surface area contributed by atoms with Crippen LogP contribution in [0.5, 0.6) is 5.75 Å². The first-order valence-electron chi connectivity index (χ1n) is 13.1. The number of hydrogen-bond acceptors (Lipinski definition) is 4. The Kier molecular flexibility index (Phi) is 10.3. The fourth-order valence-electron chi connectivity index (χ4n) is 5.81. The van der Waals surface area contributed by atoms with Gasteiger partial charge in [-0.25, -0.2) is 4.79 Å². The molecule has 1 N–H and O–H groups in total. The highest BCUT2D eigenvalue weighted by Gasteiger charge is 2.33. The van der Waals surface area contributed by atoms with Crippen LogP contribution in [0.1, 0.15) is 77.2 Å². The lowest BCUT2D eigenvalue weighted by Crippen LogP contribution is -2.32. The van der Waals surface area contributed by atoms with Gasteiger partial charge in [-0.2, -0.15) is 0 Å². The minimum Gasteiger partial charge on any atom is -0.493 e. The Morgan fingerprint density at radius 1 is 1.03 bits per heavy atom. The van der Waals surface area contributed by atoms with Gasteiger partial charge in [0.25, 0.3) is 0 Å². The van der Waals surface area contributed by atoms with Crippen LogP contribution in [0.25, 0.3) is 0 Å². The van der Waals surface area contributed by atoms with Crippen molar-refractivity contribution in [3.05, 3.63) is 42.0 Å². The third kappa shape index (κ3) is 7.88. The number of carbonyl (C=O) groups excluding carboxylic acids is 1.